The molecule has 1 fully saturated rings. The highest BCUT2D eigenvalue weighted by Gasteiger charge is 2.21. The first-order chi connectivity index (χ1) is 10.3. The van der Waals surface area contributed by atoms with Crippen LogP contribution in [0.3, 0.4) is 0 Å². The highest BCUT2D eigenvalue weighted by atomic mass is 32.2. The van der Waals surface area contributed by atoms with E-state index in [1.807, 2.05) is 11.8 Å². The summed E-state index contributed by atoms with van der Waals surface area (Å²) in [5, 5.41) is 7.37. The predicted octanol–water partition coefficient (Wildman–Crippen LogP) is 2.84. The minimum atomic E-state index is -0.0219. The smallest absolute Gasteiger partial charge is 0.228 e. The highest BCUT2D eigenvalue weighted by Crippen LogP contribution is 2.24. The van der Waals surface area contributed by atoms with Gasteiger partial charge in [-0.25, -0.2) is 0 Å². The van der Waals surface area contributed by atoms with Crippen molar-refractivity contribution in [2.45, 2.75) is 19.4 Å². The van der Waals surface area contributed by atoms with Crippen LogP contribution < -0.4 is 5.32 Å². The fourth-order valence-electron chi connectivity index (χ4n) is 2.12. The molecule has 21 heavy (non-hydrogen) atoms. The van der Waals surface area contributed by atoms with Gasteiger partial charge >= 0.3 is 0 Å². The number of rotatable bonds is 5. The average molecular weight is 305 g/mol. The Morgan fingerprint density at radius 3 is 2.95 bits per heavy atom. The van der Waals surface area contributed by atoms with E-state index in [-0.39, 0.29) is 6.10 Å². The zero-order valence-corrected chi connectivity index (χ0v) is 12.9. The van der Waals surface area contributed by atoms with Crippen LogP contribution in [0.4, 0.5) is 5.69 Å². The molecule has 3 rings (SSSR count). The minimum Gasteiger partial charge on any atom is -0.385 e. The molecule has 2 heterocycles. The van der Waals surface area contributed by atoms with Gasteiger partial charge in [-0.1, -0.05) is 22.9 Å². The second kappa shape index (κ2) is 6.95. The molecular weight excluding hydrogens is 286 g/mol. The summed E-state index contributed by atoms with van der Waals surface area (Å²) >= 11 is 1.86. The minimum absolute atomic E-state index is 0.0219. The number of nitrogens with zero attached hydrogens (tertiary/aromatic N) is 2. The Balaban J connectivity index is 1.49. The average Bonchev–Trinajstić information content (AvgIpc) is 2.99. The van der Waals surface area contributed by atoms with Crippen LogP contribution in [0.5, 0.6) is 0 Å². The summed E-state index contributed by atoms with van der Waals surface area (Å²) in [6, 6.07) is 8.32. The summed E-state index contributed by atoms with van der Waals surface area (Å²) in [4.78, 5) is 4.42. The van der Waals surface area contributed by atoms with Crippen LogP contribution in [0, 0.1) is 6.92 Å². The van der Waals surface area contributed by atoms with Gasteiger partial charge in [0.05, 0.1) is 6.61 Å². The molecule has 0 saturated carbocycles. The van der Waals surface area contributed by atoms with Crippen molar-refractivity contribution < 1.29 is 9.26 Å². The Morgan fingerprint density at radius 1 is 1.33 bits per heavy atom. The zero-order chi connectivity index (χ0) is 14.5. The fourth-order valence-corrected chi connectivity index (χ4v) is 2.96. The van der Waals surface area contributed by atoms with E-state index in [0.717, 1.165) is 30.3 Å². The van der Waals surface area contributed by atoms with E-state index in [0.29, 0.717) is 18.1 Å². The Bertz CT molecular complexity index is 565. The topological polar surface area (TPSA) is 60.2 Å². The molecule has 1 atom stereocenters. The first-order valence-corrected chi connectivity index (χ1v) is 8.29. The standard InChI is InChI=1S/C15H19N3O2S/c1-11-2-4-12(5-3-11)16-7-6-14-17-15(18-20-14)13-10-21-9-8-19-13/h2-5,13,16H,6-10H2,1H3. The van der Waals surface area contributed by atoms with Crippen LogP contribution in [0.25, 0.3) is 0 Å². The molecule has 1 saturated heterocycles. The van der Waals surface area contributed by atoms with Crippen LogP contribution in [0.2, 0.25) is 0 Å². The molecule has 1 aliphatic heterocycles. The molecule has 0 bridgehead atoms. The molecule has 6 heteroatoms. The van der Waals surface area contributed by atoms with Gasteiger partial charge in [-0.3, -0.25) is 0 Å². The lowest BCUT2D eigenvalue weighted by molar-refractivity contribution is 0.0677. The molecule has 1 aromatic heterocycles. The Morgan fingerprint density at radius 2 is 2.19 bits per heavy atom. The molecule has 0 aliphatic carbocycles. The summed E-state index contributed by atoms with van der Waals surface area (Å²) in [6.45, 7) is 3.61. The number of nitrogens with one attached hydrogen (secondary N) is 1. The number of benzene rings is 1. The molecule has 2 aromatic rings. The molecule has 0 radical (unpaired) electrons. The third-order valence-electron chi connectivity index (χ3n) is 3.31. The molecule has 1 aromatic carbocycles. The SMILES string of the molecule is Cc1ccc(NCCc2nc(C3CSCCO3)no2)cc1. The van der Waals surface area contributed by atoms with E-state index >= 15 is 0 Å². The maximum atomic E-state index is 5.64. The van der Waals surface area contributed by atoms with E-state index in [9.17, 15) is 0 Å². The predicted molar refractivity (Wildman–Crippen MR) is 83.7 cm³/mol. The lowest BCUT2D eigenvalue weighted by Crippen LogP contribution is -2.16. The van der Waals surface area contributed by atoms with Gasteiger partial charge in [0.2, 0.25) is 11.7 Å². The number of ether oxygens (including phenoxy) is 1. The summed E-state index contributed by atoms with van der Waals surface area (Å²) in [7, 11) is 0. The molecule has 0 amide bonds. The van der Waals surface area contributed by atoms with Crippen molar-refractivity contribution in [3.8, 4) is 0 Å². The number of aryl methyl sites for hydroxylation is 1. The molecule has 112 valence electrons. The largest absolute Gasteiger partial charge is 0.385 e. The lowest BCUT2D eigenvalue weighted by Gasteiger charge is -2.18. The van der Waals surface area contributed by atoms with Gasteiger partial charge in [-0.05, 0) is 19.1 Å². The van der Waals surface area contributed by atoms with E-state index < -0.39 is 0 Å². The van der Waals surface area contributed by atoms with Crippen LogP contribution in [-0.2, 0) is 11.2 Å². The first kappa shape index (κ1) is 14.4. The normalized spacial score (nSPS) is 18.6. The molecule has 1 aliphatic rings. The van der Waals surface area contributed by atoms with Crippen molar-refractivity contribution in [3.63, 3.8) is 0 Å². The molecule has 1 N–H and O–H groups in total. The number of hydrogen-bond donors (Lipinski definition) is 1. The second-order valence-corrected chi connectivity index (χ2v) is 6.17. The van der Waals surface area contributed by atoms with E-state index in [1.54, 1.807) is 0 Å². The lowest BCUT2D eigenvalue weighted by atomic mass is 10.2. The Kier molecular flexibility index (Phi) is 4.77. The van der Waals surface area contributed by atoms with E-state index in [4.69, 9.17) is 9.26 Å². The van der Waals surface area contributed by atoms with Crippen molar-refractivity contribution in [3.05, 3.63) is 41.5 Å². The third-order valence-corrected chi connectivity index (χ3v) is 4.30. The van der Waals surface area contributed by atoms with Crippen molar-refractivity contribution in [2.75, 3.05) is 30.0 Å². The van der Waals surface area contributed by atoms with Crippen LogP contribution >= 0.6 is 11.8 Å². The fraction of sp³-hybridized carbons (Fsp3) is 0.467. The van der Waals surface area contributed by atoms with Gasteiger partial charge in [-0.2, -0.15) is 16.7 Å². The monoisotopic (exact) mass is 305 g/mol. The van der Waals surface area contributed by atoms with Gasteiger partial charge in [0.25, 0.3) is 0 Å². The van der Waals surface area contributed by atoms with Gasteiger partial charge in [-0.15, -0.1) is 0 Å². The quantitative estimate of drug-likeness (QED) is 0.916. The highest BCUT2D eigenvalue weighted by molar-refractivity contribution is 7.99. The van der Waals surface area contributed by atoms with Crippen molar-refractivity contribution >= 4 is 17.4 Å². The van der Waals surface area contributed by atoms with Crippen molar-refractivity contribution in [1.82, 2.24) is 10.1 Å². The molecule has 0 spiro atoms. The van der Waals surface area contributed by atoms with E-state index in [2.05, 4.69) is 46.6 Å². The van der Waals surface area contributed by atoms with Gasteiger partial charge < -0.3 is 14.6 Å². The van der Waals surface area contributed by atoms with Crippen LogP contribution in [0.1, 0.15) is 23.4 Å². The summed E-state index contributed by atoms with van der Waals surface area (Å²) in [5.41, 5.74) is 2.36. The first-order valence-electron chi connectivity index (χ1n) is 7.13. The maximum absolute atomic E-state index is 5.64. The summed E-state index contributed by atoms with van der Waals surface area (Å²) in [6.07, 6.45) is 0.687. The summed E-state index contributed by atoms with van der Waals surface area (Å²) < 4.78 is 10.9. The van der Waals surface area contributed by atoms with E-state index in [1.165, 1.54) is 5.56 Å². The second-order valence-electron chi connectivity index (χ2n) is 5.02. The Hall–Kier alpha value is -1.53. The third kappa shape index (κ3) is 3.98. The van der Waals surface area contributed by atoms with Crippen molar-refractivity contribution in [2.24, 2.45) is 0 Å². The maximum Gasteiger partial charge on any atom is 0.228 e. The van der Waals surface area contributed by atoms with Crippen molar-refractivity contribution in [1.29, 1.82) is 0 Å². The molecule has 5 nitrogen and oxygen atoms in total. The van der Waals surface area contributed by atoms with Gasteiger partial charge in [0.1, 0.15) is 6.10 Å². The number of aromatic nitrogens is 2. The number of thioether (sulfide) groups is 1. The number of anilines is 1. The Labute approximate surface area is 128 Å². The summed E-state index contributed by atoms with van der Waals surface area (Å²) in [5.74, 6) is 3.28. The van der Waals surface area contributed by atoms with Gasteiger partial charge in [0, 0.05) is 30.2 Å². The molecule has 1 unspecified atom stereocenters. The number of hydrogen-bond acceptors (Lipinski definition) is 6. The molecular formula is C15H19N3O2S. The zero-order valence-electron chi connectivity index (χ0n) is 12.0. The van der Waals surface area contributed by atoms with Crippen LogP contribution in [-0.4, -0.2) is 34.8 Å². The van der Waals surface area contributed by atoms with Crippen LogP contribution in [0.15, 0.2) is 28.8 Å². The van der Waals surface area contributed by atoms with Gasteiger partial charge in [0.15, 0.2) is 0 Å².